The van der Waals surface area contributed by atoms with Crippen LogP contribution in [-0.4, -0.2) is 226 Å². The van der Waals surface area contributed by atoms with Gasteiger partial charge in [0, 0.05) is 52.4 Å². The SMILES string of the molecule is CC(=O)O[C@H]1[C@H](O)[C@@H](O[C@H](C=NC23CN4CN(CN(C4)C2)C3)[C@@H](CO)O[C@@H](O)C=NC23CN4CN(CN(C4)C2)C3)O[C@@H](CO)[C@@H]1O. The molecular formula is C28H46N8O10. The fourth-order valence-corrected chi connectivity index (χ4v) is 8.37. The van der Waals surface area contributed by atoms with Crippen molar-refractivity contribution in [2.75, 3.05) is 92.5 Å². The number of nitrogens with zero attached hydrogens (tertiary/aromatic N) is 8. The second kappa shape index (κ2) is 12.9. The number of esters is 1. The Hall–Kier alpha value is -1.75. The number of hydrogen-bond donors (Lipinski definition) is 5. The summed E-state index contributed by atoms with van der Waals surface area (Å²) in [6, 6.07) is 0. The topological polar surface area (TPSA) is 199 Å². The molecule has 8 atom stereocenters. The lowest BCUT2D eigenvalue weighted by Gasteiger charge is -2.59. The minimum absolute atomic E-state index is 0.393. The van der Waals surface area contributed by atoms with E-state index < -0.39 is 79.5 Å². The molecule has 9 heterocycles. The van der Waals surface area contributed by atoms with Gasteiger partial charge in [-0.2, -0.15) is 0 Å². The Balaban J connectivity index is 1.10. The predicted molar refractivity (Wildman–Crippen MR) is 158 cm³/mol. The van der Waals surface area contributed by atoms with Crippen molar-refractivity contribution in [1.82, 2.24) is 29.4 Å². The first-order chi connectivity index (χ1) is 22.0. The molecule has 0 aromatic carbocycles. The molecule has 0 aliphatic carbocycles. The fourth-order valence-electron chi connectivity index (χ4n) is 8.37. The average molecular weight is 655 g/mol. The maximum Gasteiger partial charge on any atom is 0.303 e. The number of carbonyl (C=O) groups excluding carboxylic acids is 1. The van der Waals surface area contributed by atoms with Crippen LogP contribution in [0.25, 0.3) is 0 Å². The van der Waals surface area contributed by atoms with E-state index in [1.165, 1.54) is 12.4 Å². The van der Waals surface area contributed by atoms with Crippen molar-refractivity contribution in [1.29, 1.82) is 0 Å². The first-order valence-corrected chi connectivity index (χ1v) is 15.9. The monoisotopic (exact) mass is 654 g/mol. The number of aliphatic imine (C=N–C) groups is 2. The van der Waals surface area contributed by atoms with Crippen molar-refractivity contribution in [3.63, 3.8) is 0 Å². The van der Waals surface area contributed by atoms with Crippen LogP contribution in [0.15, 0.2) is 9.98 Å². The van der Waals surface area contributed by atoms with E-state index in [1.807, 2.05) is 0 Å². The Morgan fingerprint density at radius 2 is 1.33 bits per heavy atom. The predicted octanol–water partition coefficient (Wildman–Crippen LogP) is -5.30. The highest BCUT2D eigenvalue weighted by Gasteiger charge is 2.51. The molecule has 9 fully saturated rings. The van der Waals surface area contributed by atoms with Crippen LogP contribution < -0.4 is 0 Å². The molecule has 18 heteroatoms. The molecule has 0 unspecified atom stereocenters. The molecule has 0 aromatic rings. The molecule has 9 aliphatic heterocycles. The Kier molecular flexibility index (Phi) is 9.22. The van der Waals surface area contributed by atoms with E-state index >= 15 is 0 Å². The van der Waals surface area contributed by atoms with E-state index in [0.717, 1.165) is 86.2 Å². The average Bonchev–Trinajstić information content (AvgIpc) is 2.99. The molecule has 0 radical (unpaired) electrons. The highest BCUT2D eigenvalue weighted by atomic mass is 16.7. The van der Waals surface area contributed by atoms with Crippen molar-refractivity contribution in [2.45, 2.75) is 67.2 Å². The van der Waals surface area contributed by atoms with E-state index in [0.29, 0.717) is 0 Å². The zero-order valence-electron chi connectivity index (χ0n) is 26.0. The van der Waals surface area contributed by atoms with Gasteiger partial charge in [0.15, 0.2) is 18.7 Å². The van der Waals surface area contributed by atoms with E-state index in [-0.39, 0.29) is 0 Å². The molecule has 258 valence electrons. The van der Waals surface area contributed by atoms with Gasteiger partial charge in [-0.15, -0.1) is 0 Å². The van der Waals surface area contributed by atoms with Crippen LogP contribution in [0.5, 0.6) is 0 Å². The number of aliphatic hydroxyl groups excluding tert-OH is 5. The first kappa shape index (κ1) is 32.8. The van der Waals surface area contributed by atoms with Crippen LogP contribution in [0.3, 0.4) is 0 Å². The van der Waals surface area contributed by atoms with Gasteiger partial charge in [-0.25, -0.2) is 0 Å². The second-order valence-corrected chi connectivity index (χ2v) is 14.0. The number of ether oxygens (including phenoxy) is 4. The van der Waals surface area contributed by atoms with Crippen LogP contribution in [0.1, 0.15) is 6.92 Å². The zero-order chi connectivity index (χ0) is 32.2. The van der Waals surface area contributed by atoms with Crippen LogP contribution >= 0.6 is 0 Å². The van der Waals surface area contributed by atoms with Gasteiger partial charge in [-0.1, -0.05) is 0 Å². The molecule has 8 bridgehead atoms. The van der Waals surface area contributed by atoms with Crippen molar-refractivity contribution < 1.29 is 49.3 Å². The quantitative estimate of drug-likeness (QED) is 0.0759. The normalized spacial score (nSPS) is 47.9. The smallest absolute Gasteiger partial charge is 0.303 e. The van der Waals surface area contributed by atoms with Gasteiger partial charge in [0.05, 0.1) is 70.5 Å². The van der Waals surface area contributed by atoms with Gasteiger partial charge in [0.25, 0.3) is 0 Å². The summed E-state index contributed by atoms with van der Waals surface area (Å²) < 4.78 is 22.9. The Morgan fingerprint density at radius 1 is 0.848 bits per heavy atom. The molecule has 18 nitrogen and oxygen atoms in total. The number of rotatable bonds is 12. The maximum absolute atomic E-state index is 11.8. The summed E-state index contributed by atoms with van der Waals surface area (Å²) in [4.78, 5) is 35.3. The van der Waals surface area contributed by atoms with Crippen LogP contribution in [0.2, 0.25) is 0 Å². The third-order valence-corrected chi connectivity index (χ3v) is 9.75. The van der Waals surface area contributed by atoms with Crippen LogP contribution in [0.4, 0.5) is 0 Å². The third-order valence-electron chi connectivity index (χ3n) is 9.75. The molecule has 0 spiro atoms. The fraction of sp³-hybridized carbons (Fsp3) is 0.893. The molecule has 5 N–H and O–H groups in total. The summed E-state index contributed by atoms with van der Waals surface area (Å²) in [5.74, 6) is -0.747. The maximum atomic E-state index is 11.8. The molecular weight excluding hydrogens is 608 g/mol. The summed E-state index contributed by atoms with van der Waals surface area (Å²) in [6.45, 7) is 9.68. The number of aliphatic hydroxyl groups is 5. The van der Waals surface area contributed by atoms with Crippen molar-refractivity contribution in [2.24, 2.45) is 9.98 Å². The van der Waals surface area contributed by atoms with Gasteiger partial charge in [-0.05, 0) is 0 Å². The lowest BCUT2D eigenvalue weighted by molar-refractivity contribution is -0.315. The Morgan fingerprint density at radius 3 is 1.76 bits per heavy atom. The van der Waals surface area contributed by atoms with E-state index in [2.05, 4.69) is 29.4 Å². The standard InChI is InChI=1S/C28H46N8O10/c1-18(39)43-25-23(41)21(5-38)46-26(24(25)42)45-19(2-29-27-6-31-12-32(7-27)14-33(8-27)13-31)20(4-37)44-22(40)3-30-28-9-34-15-35(10-28)17-36(11-28)16-34/h2-3,19-26,37-38,40-42H,4-17H2,1H3/t19-,20-,21+,22-,23+,24+,25-,26+/m1/s1. The summed E-state index contributed by atoms with van der Waals surface area (Å²) in [7, 11) is 0. The minimum Gasteiger partial charge on any atom is -0.457 e. The molecule has 46 heavy (non-hydrogen) atoms. The van der Waals surface area contributed by atoms with Crippen LogP contribution in [0, 0.1) is 0 Å². The van der Waals surface area contributed by atoms with Gasteiger partial charge >= 0.3 is 5.97 Å². The molecule has 9 saturated heterocycles. The zero-order valence-corrected chi connectivity index (χ0v) is 26.0. The number of hydrogen-bond acceptors (Lipinski definition) is 18. The van der Waals surface area contributed by atoms with Crippen molar-refractivity contribution >= 4 is 18.4 Å². The third kappa shape index (κ3) is 6.61. The Labute approximate surface area is 266 Å². The van der Waals surface area contributed by atoms with Gasteiger partial charge in [0.1, 0.15) is 30.5 Å². The van der Waals surface area contributed by atoms with Gasteiger partial charge in [-0.3, -0.25) is 44.2 Å². The molecule has 0 saturated carbocycles. The lowest BCUT2D eigenvalue weighted by Crippen LogP contribution is -2.75. The van der Waals surface area contributed by atoms with E-state index in [9.17, 15) is 30.3 Å². The molecule has 9 rings (SSSR count). The van der Waals surface area contributed by atoms with Gasteiger partial charge < -0.3 is 44.5 Å². The number of carbonyl (C=O) groups is 1. The summed E-state index contributed by atoms with van der Waals surface area (Å²) in [5, 5.41) is 52.9. The minimum atomic E-state index is -1.65. The molecule has 0 amide bonds. The largest absolute Gasteiger partial charge is 0.457 e. The summed E-state index contributed by atoms with van der Waals surface area (Å²) in [5.41, 5.74) is -0.860. The van der Waals surface area contributed by atoms with Crippen LogP contribution in [-0.2, 0) is 23.7 Å². The van der Waals surface area contributed by atoms with E-state index in [4.69, 9.17) is 28.9 Å². The lowest BCUT2D eigenvalue weighted by atomic mass is 9.91. The Bertz CT molecular complexity index is 1110. The van der Waals surface area contributed by atoms with Crippen molar-refractivity contribution in [3.05, 3.63) is 0 Å². The summed E-state index contributed by atoms with van der Waals surface area (Å²) >= 11 is 0. The molecule has 9 aliphatic rings. The highest BCUT2D eigenvalue weighted by molar-refractivity contribution is 5.66. The summed E-state index contributed by atoms with van der Waals surface area (Å²) in [6.07, 6.45) is -8.36. The molecule has 0 aromatic heterocycles. The highest BCUT2D eigenvalue weighted by Crippen LogP contribution is 2.33. The second-order valence-electron chi connectivity index (χ2n) is 14.0. The van der Waals surface area contributed by atoms with Crippen molar-refractivity contribution in [3.8, 4) is 0 Å². The van der Waals surface area contributed by atoms with Gasteiger partial charge in [0.2, 0.25) is 0 Å². The van der Waals surface area contributed by atoms with E-state index in [1.54, 1.807) is 0 Å². The first-order valence-electron chi connectivity index (χ1n) is 15.9.